The molecule has 1 aromatic carbocycles. The number of carbonyl (C=O) groups is 1. The van der Waals surface area contributed by atoms with Gasteiger partial charge in [0.05, 0.1) is 6.04 Å². The molecule has 0 heterocycles. The van der Waals surface area contributed by atoms with Gasteiger partial charge in [-0.3, -0.25) is 4.79 Å². The first-order chi connectivity index (χ1) is 7.54. The van der Waals surface area contributed by atoms with E-state index in [-0.39, 0.29) is 12.2 Å². The van der Waals surface area contributed by atoms with Gasteiger partial charge >= 0.3 is 0 Å². The summed E-state index contributed by atoms with van der Waals surface area (Å²) >= 11 is 5.84. The summed E-state index contributed by atoms with van der Waals surface area (Å²) < 4.78 is 12.9. The third-order valence-electron chi connectivity index (χ3n) is 2.21. The van der Waals surface area contributed by atoms with Crippen LogP contribution in [0.15, 0.2) is 30.9 Å². The molecule has 0 saturated carbocycles. The highest BCUT2D eigenvalue weighted by molar-refractivity contribution is 6.31. The first-order valence-electron chi connectivity index (χ1n) is 4.87. The third-order valence-corrected chi connectivity index (χ3v) is 2.58. The van der Waals surface area contributed by atoms with Crippen LogP contribution in [0.4, 0.5) is 4.39 Å². The minimum absolute atomic E-state index is 0.0472. The van der Waals surface area contributed by atoms with Crippen LogP contribution in [0.2, 0.25) is 5.02 Å². The van der Waals surface area contributed by atoms with E-state index >= 15 is 0 Å². The van der Waals surface area contributed by atoms with Crippen molar-refractivity contribution in [1.29, 1.82) is 0 Å². The van der Waals surface area contributed by atoms with Crippen LogP contribution in [0, 0.1) is 5.82 Å². The molecule has 86 valence electrons. The average molecular weight is 242 g/mol. The molecule has 0 saturated heterocycles. The Kier molecular flexibility index (Phi) is 4.65. The van der Waals surface area contributed by atoms with Crippen molar-refractivity contribution in [3.8, 4) is 0 Å². The Morgan fingerprint density at radius 1 is 1.62 bits per heavy atom. The fourth-order valence-corrected chi connectivity index (χ4v) is 1.49. The Hall–Kier alpha value is -1.19. The van der Waals surface area contributed by atoms with Gasteiger partial charge in [0.25, 0.3) is 0 Å². The normalized spacial score (nSPS) is 12.2. The van der Waals surface area contributed by atoms with Crippen LogP contribution in [0.25, 0.3) is 0 Å². The first kappa shape index (κ1) is 12.9. The van der Waals surface area contributed by atoms with Crippen molar-refractivity contribution < 1.29 is 9.18 Å². The summed E-state index contributed by atoms with van der Waals surface area (Å²) in [5.41, 5.74) is 6.07. The molecule has 2 nitrogen and oxygen atoms in total. The van der Waals surface area contributed by atoms with Gasteiger partial charge in [0.15, 0.2) is 5.78 Å². The smallest absolute Gasteiger partial charge is 0.154 e. The lowest BCUT2D eigenvalue weighted by Crippen LogP contribution is -2.31. The second-order valence-corrected chi connectivity index (χ2v) is 3.92. The van der Waals surface area contributed by atoms with Crippen LogP contribution in [0.3, 0.4) is 0 Å². The van der Waals surface area contributed by atoms with Gasteiger partial charge < -0.3 is 5.73 Å². The monoisotopic (exact) mass is 241 g/mol. The quantitative estimate of drug-likeness (QED) is 0.805. The van der Waals surface area contributed by atoms with E-state index in [4.69, 9.17) is 17.3 Å². The zero-order chi connectivity index (χ0) is 12.1. The van der Waals surface area contributed by atoms with Gasteiger partial charge in [0.2, 0.25) is 0 Å². The van der Waals surface area contributed by atoms with Crippen LogP contribution < -0.4 is 5.73 Å². The van der Waals surface area contributed by atoms with E-state index in [1.54, 1.807) is 6.08 Å². The minimum atomic E-state index is -0.600. The van der Waals surface area contributed by atoms with Crippen LogP contribution >= 0.6 is 11.6 Å². The second kappa shape index (κ2) is 5.77. The molecule has 0 aliphatic carbocycles. The standard InChI is InChI=1S/C12H13ClFNO/c1-2-3-11(15)12(16)7-8-6-9(14)4-5-10(8)13/h2,4-6,11H,1,3,7,15H2. The van der Waals surface area contributed by atoms with Gasteiger partial charge in [-0.25, -0.2) is 4.39 Å². The van der Waals surface area contributed by atoms with Crippen molar-refractivity contribution in [2.45, 2.75) is 18.9 Å². The van der Waals surface area contributed by atoms with Crippen molar-refractivity contribution in [3.05, 3.63) is 47.3 Å². The maximum atomic E-state index is 12.9. The maximum Gasteiger partial charge on any atom is 0.154 e. The molecule has 1 rings (SSSR count). The van der Waals surface area contributed by atoms with E-state index in [0.29, 0.717) is 17.0 Å². The number of halogens is 2. The van der Waals surface area contributed by atoms with Crippen LogP contribution in [-0.4, -0.2) is 11.8 Å². The highest BCUT2D eigenvalue weighted by atomic mass is 35.5. The highest BCUT2D eigenvalue weighted by Gasteiger charge is 2.14. The maximum absolute atomic E-state index is 12.9. The van der Waals surface area contributed by atoms with E-state index in [1.807, 2.05) is 0 Å². The molecule has 2 N–H and O–H groups in total. The zero-order valence-corrected chi connectivity index (χ0v) is 9.51. The second-order valence-electron chi connectivity index (χ2n) is 3.51. The van der Waals surface area contributed by atoms with E-state index < -0.39 is 11.9 Å². The average Bonchev–Trinajstić information content (AvgIpc) is 2.23. The number of nitrogens with two attached hydrogens (primary N) is 1. The lowest BCUT2D eigenvalue weighted by Gasteiger charge is -2.09. The molecule has 0 aliphatic heterocycles. The summed E-state index contributed by atoms with van der Waals surface area (Å²) in [5, 5.41) is 0.376. The van der Waals surface area contributed by atoms with Gasteiger partial charge in [-0.15, -0.1) is 6.58 Å². The molecular weight excluding hydrogens is 229 g/mol. The highest BCUT2D eigenvalue weighted by Crippen LogP contribution is 2.18. The number of ketones is 1. The Bertz CT molecular complexity index is 406. The Labute approximate surface area is 98.9 Å². The fourth-order valence-electron chi connectivity index (χ4n) is 1.31. The topological polar surface area (TPSA) is 43.1 Å². The van der Waals surface area contributed by atoms with Gasteiger partial charge in [-0.05, 0) is 30.2 Å². The summed E-state index contributed by atoms with van der Waals surface area (Å²) in [5.74, 6) is -0.586. The molecule has 1 aromatic rings. The molecule has 0 spiro atoms. The molecule has 4 heteroatoms. The summed E-state index contributed by atoms with van der Waals surface area (Å²) in [6.07, 6.45) is 2.03. The lowest BCUT2D eigenvalue weighted by atomic mass is 10.0. The molecule has 0 fully saturated rings. The van der Waals surface area contributed by atoms with E-state index in [0.717, 1.165) is 0 Å². The number of carbonyl (C=O) groups excluding carboxylic acids is 1. The molecule has 0 radical (unpaired) electrons. The van der Waals surface area contributed by atoms with Crippen molar-refractivity contribution in [1.82, 2.24) is 0 Å². The summed E-state index contributed by atoms with van der Waals surface area (Å²) in [6, 6.07) is 3.33. The first-order valence-corrected chi connectivity index (χ1v) is 5.25. The number of hydrogen-bond donors (Lipinski definition) is 1. The Morgan fingerprint density at radius 3 is 2.94 bits per heavy atom. The molecular formula is C12H13ClFNO. The van der Waals surface area contributed by atoms with Gasteiger partial charge in [-0.1, -0.05) is 17.7 Å². The van der Waals surface area contributed by atoms with Gasteiger partial charge in [0, 0.05) is 11.4 Å². The van der Waals surface area contributed by atoms with Crippen molar-refractivity contribution in [2.75, 3.05) is 0 Å². The Balaban J connectivity index is 2.76. The predicted octanol–water partition coefficient (Wildman–Crippen LogP) is 2.49. The lowest BCUT2D eigenvalue weighted by molar-refractivity contribution is -0.119. The number of rotatable bonds is 5. The third kappa shape index (κ3) is 3.43. The largest absolute Gasteiger partial charge is 0.321 e. The molecule has 0 amide bonds. The summed E-state index contributed by atoms with van der Waals surface area (Å²) in [7, 11) is 0. The Morgan fingerprint density at radius 2 is 2.31 bits per heavy atom. The predicted molar refractivity (Wildman–Crippen MR) is 62.9 cm³/mol. The van der Waals surface area contributed by atoms with Crippen molar-refractivity contribution in [3.63, 3.8) is 0 Å². The van der Waals surface area contributed by atoms with Gasteiger partial charge in [0.1, 0.15) is 5.82 Å². The SMILES string of the molecule is C=CCC(N)C(=O)Cc1cc(F)ccc1Cl. The molecule has 0 aromatic heterocycles. The van der Waals surface area contributed by atoms with E-state index in [1.165, 1.54) is 18.2 Å². The number of hydrogen-bond acceptors (Lipinski definition) is 2. The van der Waals surface area contributed by atoms with E-state index in [2.05, 4.69) is 6.58 Å². The minimum Gasteiger partial charge on any atom is -0.321 e. The molecule has 1 unspecified atom stereocenters. The number of benzene rings is 1. The molecule has 16 heavy (non-hydrogen) atoms. The van der Waals surface area contributed by atoms with Crippen molar-refractivity contribution >= 4 is 17.4 Å². The zero-order valence-electron chi connectivity index (χ0n) is 8.75. The van der Waals surface area contributed by atoms with Crippen LogP contribution in [0.5, 0.6) is 0 Å². The molecule has 0 aliphatic rings. The van der Waals surface area contributed by atoms with Gasteiger partial charge in [-0.2, -0.15) is 0 Å². The van der Waals surface area contributed by atoms with Crippen LogP contribution in [0.1, 0.15) is 12.0 Å². The van der Waals surface area contributed by atoms with Crippen molar-refractivity contribution in [2.24, 2.45) is 5.73 Å². The number of Topliss-reactive ketones (excluding diaryl/α,β-unsaturated/α-hetero) is 1. The summed E-state index contributed by atoms with van der Waals surface area (Å²) in [4.78, 5) is 11.6. The summed E-state index contributed by atoms with van der Waals surface area (Å²) in [6.45, 7) is 3.50. The van der Waals surface area contributed by atoms with Crippen LogP contribution in [-0.2, 0) is 11.2 Å². The van der Waals surface area contributed by atoms with E-state index in [9.17, 15) is 9.18 Å². The molecule has 1 atom stereocenters. The fraction of sp³-hybridized carbons (Fsp3) is 0.250. The molecule has 0 bridgehead atoms.